The van der Waals surface area contributed by atoms with E-state index in [0.29, 0.717) is 5.78 Å². The van der Waals surface area contributed by atoms with Crippen LogP contribution in [0.4, 0.5) is 0 Å². The highest BCUT2D eigenvalue weighted by Crippen LogP contribution is 2.34. The third-order valence-electron chi connectivity index (χ3n) is 3.76. The van der Waals surface area contributed by atoms with Crippen molar-refractivity contribution >= 4 is 17.4 Å². The van der Waals surface area contributed by atoms with E-state index in [-0.39, 0.29) is 5.41 Å². The smallest absolute Gasteiger partial charge is 0.136 e. The van der Waals surface area contributed by atoms with Crippen molar-refractivity contribution in [2.75, 3.05) is 13.1 Å². The van der Waals surface area contributed by atoms with Crippen LogP contribution in [0, 0.1) is 5.41 Å². The molecule has 0 bridgehead atoms. The summed E-state index contributed by atoms with van der Waals surface area (Å²) in [5, 5.41) is 4.06. The zero-order valence-corrected chi connectivity index (χ0v) is 10.9. The van der Waals surface area contributed by atoms with Crippen molar-refractivity contribution in [3.8, 4) is 0 Å². The number of benzene rings is 1. The van der Waals surface area contributed by atoms with Crippen LogP contribution < -0.4 is 5.32 Å². The second-order valence-electron chi connectivity index (χ2n) is 4.89. The summed E-state index contributed by atoms with van der Waals surface area (Å²) in [4.78, 5) is 11.9. The molecule has 92 valence electrons. The number of Topliss-reactive ketones (excluding diaryl/α,β-unsaturated/α-hetero) is 1. The number of ketones is 1. The average molecular weight is 252 g/mol. The number of piperidine rings is 1. The Labute approximate surface area is 107 Å². The first-order chi connectivity index (χ1) is 8.12. The molecule has 3 heteroatoms. The van der Waals surface area contributed by atoms with Crippen molar-refractivity contribution in [3.63, 3.8) is 0 Å². The number of carbonyl (C=O) groups is 1. The van der Waals surface area contributed by atoms with E-state index in [9.17, 15) is 4.79 Å². The Morgan fingerprint density at radius 1 is 1.29 bits per heavy atom. The van der Waals surface area contributed by atoms with Gasteiger partial charge in [0.1, 0.15) is 5.78 Å². The van der Waals surface area contributed by atoms with E-state index in [1.807, 2.05) is 24.3 Å². The zero-order chi connectivity index (χ0) is 12.3. The highest BCUT2D eigenvalue weighted by molar-refractivity contribution is 6.30. The maximum absolute atomic E-state index is 11.9. The molecule has 2 nitrogen and oxygen atoms in total. The second-order valence-corrected chi connectivity index (χ2v) is 5.33. The lowest BCUT2D eigenvalue weighted by molar-refractivity contribution is -0.128. The Balaban J connectivity index is 2.17. The van der Waals surface area contributed by atoms with Crippen molar-refractivity contribution < 1.29 is 4.79 Å². The fourth-order valence-electron chi connectivity index (χ4n) is 2.55. The van der Waals surface area contributed by atoms with Gasteiger partial charge in [-0.3, -0.25) is 4.79 Å². The van der Waals surface area contributed by atoms with Gasteiger partial charge >= 0.3 is 0 Å². The third-order valence-corrected chi connectivity index (χ3v) is 4.02. The molecule has 0 radical (unpaired) electrons. The van der Waals surface area contributed by atoms with Crippen LogP contribution in [0.25, 0.3) is 0 Å². The number of carbonyl (C=O) groups excluding carboxylic acids is 1. The predicted molar refractivity (Wildman–Crippen MR) is 70.4 cm³/mol. The predicted octanol–water partition coefficient (Wildman–Crippen LogP) is 2.84. The summed E-state index contributed by atoms with van der Waals surface area (Å²) < 4.78 is 0. The van der Waals surface area contributed by atoms with Gasteiger partial charge in [-0.05, 0) is 57.0 Å². The molecule has 1 aliphatic heterocycles. The Hall–Kier alpha value is -0.860. The molecule has 0 saturated carbocycles. The van der Waals surface area contributed by atoms with Gasteiger partial charge in [0.05, 0.1) is 0 Å². The first-order valence-corrected chi connectivity index (χ1v) is 6.46. The zero-order valence-electron chi connectivity index (χ0n) is 10.1. The molecular formula is C14H18ClNO. The fraction of sp³-hybridized carbons (Fsp3) is 0.500. The number of hydrogen-bond donors (Lipinski definition) is 1. The molecule has 1 N–H and O–H groups in total. The third kappa shape index (κ3) is 2.88. The molecule has 1 fully saturated rings. The van der Waals surface area contributed by atoms with Crippen molar-refractivity contribution in [3.05, 3.63) is 34.9 Å². The quantitative estimate of drug-likeness (QED) is 0.895. The first kappa shape index (κ1) is 12.6. The van der Waals surface area contributed by atoms with Crippen molar-refractivity contribution in [2.45, 2.75) is 26.2 Å². The van der Waals surface area contributed by atoms with E-state index in [1.165, 1.54) is 5.56 Å². The molecule has 0 atom stereocenters. The van der Waals surface area contributed by atoms with E-state index >= 15 is 0 Å². The first-order valence-electron chi connectivity index (χ1n) is 6.09. The standard InChI is InChI=1S/C14H18ClNO/c1-11(17)14(6-8-16-9-7-14)10-12-2-4-13(15)5-3-12/h2-5,16H,6-10H2,1H3. The SMILES string of the molecule is CC(=O)C1(Cc2ccc(Cl)cc2)CCNCC1. The van der Waals surface area contributed by atoms with Crippen molar-refractivity contribution in [1.29, 1.82) is 0 Å². The molecule has 0 unspecified atom stereocenters. The van der Waals surface area contributed by atoms with Crippen LogP contribution in [0.5, 0.6) is 0 Å². The van der Waals surface area contributed by atoms with Gasteiger partial charge in [0.25, 0.3) is 0 Å². The molecule has 1 heterocycles. The van der Waals surface area contributed by atoms with Crippen LogP contribution in [0.1, 0.15) is 25.3 Å². The summed E-state index contributed by atoms with van der Waals surface area (Å²) in [5.74, 6) is 0.314. The molecule has 2 rings (SSSR count). The van der Waals surface area contributed by atoms with E-state index in [2.05, 4.69) is 5.32 Å². The number of hydrogen-bond acceptors (Lipinski definition) is 2. The van der Waals surface area contributed by atoms with Crippen molar-refractivity contribution in [2.24, 2.45) is 5.41 Å². The molecule has 0 amide bonds. The maximum atomic E-state index is 11.9. The fourth-order valence-corrected chi connectivity index (χ4v) is 2.68. The highest BCUT2D eigenvalue weighted by atomic mass is 35.5. The minimum atomic E-state index is -0.168. The van der Waals surface area contributed by atoms with Gasteiger partial charge < -0.3 is 5.32 Å². The summed E-state index contributed by atoms with van der Waals surface area (Å²) >= 11 is 5.87. The van der Waals surface area contributed by atoms with Gasteiger partial charge in [0.15, 0.2) is 0 Å². The van der Waals surface area contributed by atoms with E-state index in [0.717, 1.165) is 37.4 Å². The molecule has 1 aliphatic rings. The Morgan fingerprint density at radius 3 is 2.41 bits per heavy atom. The second kappa shape index (κ2) is 5.19. The summed E-state index contributed by atoms with van der Waals surface area (Å²) in [6.07, 6.45) is 2.71. The molecule has 0 aliphatic carbocycles. The summed E-state index contributed by atoms with van der Waals surface area (Å²) in [6.45, 7) is 3.60. The van der Waals surface area contributed by atoms with Crippen molar-refractivity contribution in [1.82, 2.24) is 5.32 Å². The van der Waals surface area contributed by atoms with E-state index < -0.39 is 0 Å². The maximum Gasteiger partial charge on any atom is 0.136 e. The van der Waals surface area contributed by atoms with E-state index in [4.69, 9.17) is 11.6 Å². The van der Waals surface area contributed by atoms with Crippen LogP contribution >= 0.6 is 11.6 Å². The lowest BCUT2D eigenvalue weighted by atomic mass is 9.71. The lowest BCUT2D eigenvalue weighted by Crippen LogP contribution is -2.42. The van der Waals surface area contributed by atoms with Crippen LogP contribution in [0.3, 0.4) is 0 Å². The van der Waals surface area contributed by atoms with Gasteiger partial charge in [-0.1, -0.05) is 23.7 Å². The Kier molecular flexibility index (Phi) is 3.85. The van der Waals surface area contributed by atoms with Crippen LogP contribution in [-0.4, -0.2) is 18.9 Å². The summed E-state index contributed by atoms with van der Waals surface area (Å²) in [6, 6.07) is 7.84. The lowest BCUT2D eigenvalue weighted by Gasteiger charge is -2.35. The van der Waals surface area contributed by atoms with E-state index in [1.54, 1.807) is 6.92 Å². The molecule has 1 aromatic carbocycles. The summed E-state index contributed by atoms with van der Waals surface area (Å²) in [5.41, 5.74) is 1.03. The highest BCUT2D eigenvalue weighted by Gasteiger charge is 2.36. The normalized spacial score (nSPS) is 18.9. The van der Waals surface area contributed by atoms with Gasteiger partial charge in [-0.2, -0.15) is 0 Å². The average Bonchev–Trinajstić information content (AvgIpc) is 2.33. The monoisotopic (exact) mass is 251 g/mol. The van der Waals surface area contributed by atoms with Gasteiger partial charge in [0, 0.05) is 10.4 Å². The minimum Gasteiger partial charge on any atom is -0.317 e. The minimum absolute atomic E-state index is 0.168. The van der Waals surface area contributed by atoms with Crippen LogP contribution in [0.2, 0.25) is 5.02 Å². The number of nitrogens with one attached hydrogen (secondary N) is 1. The Bertz CT molecular complexity index is 393. The molecule has 1 saturated heterocycles. The van der Waals surface area contributed by atoms with Gasteiger partial charge in [-0.15, -0.1) is 0 Å². The molecule has 0 spiro atoms. The van der Waals surface area contributed by atoms with Crippen LogP contribution in [-0.2, 0) is 11.2 Å². The molecule has 17 heavy (non-hydrogen) atoms. The van der Waals surface area contributed by atoms with Gasteiger partial charge in [-0.25, -0.2) is 0 Å². The van der Waals surface area contributed by atoms with Gasteiger partial charge in [0.2, 0.25) is 0 Å². The summed E-state index contributed by atoms with van der Waals surface area (Å²) in [7, 11) is 0. The number of rotatable bonds is 3. The molecule has 1 aromatic rings. The largest absolute Gasteiger partial charge is 0.317 e. The molecular weight excluding hydrogens is 234 g/mol. The van der Waals surface area contributed by atoms with Crippen LogP contribution in [0.15, 0.2) is 24.3 Å². The molecule has 0 aromatic heterocycles. The number of halogens is 1. The topological polar surface area (TPSA) is 29.1 Å². The Morgan fingerprint density at radius 2 is 1.88 bits per heavy atom.